The van der Waals surface area contributed by atoms with E-state index in [0.717, 1.165) is 9.80 Å². The number of nitrogens with one attached hydrogen (secondary N) is 3. The highest BCUT2D eigenvalue weighted by Gasteiger charge is 2.45. The molecule has 4 aliphatic heterocycles. The largest absolute Gasteiger partial charge is 0.497 e. The first-order valence-corrected chi connectivity index (χ1v) is 21.7. The van der Waals surface area contributed by atoms with Gasteiger partial charge in [-0.25, -0.2) is 0 Å². The Morgan fingerprint density at radius 2 is 1.28 bits per heavy atom. The quantitative estimate of drug-likeness (QED) is 0.127. The van der Waals surface area contributed by atoms with Crippen molar-refractivity contribution in [1.29, 1.82) is 0 Å². The second-order valence-electron chi connectivity index (χ2n) is 16.9. The third-order valence-electron chi connectivity index (χ3n) is 12.3. The normalized spacial score (nSPS) is 29.2. The molecule has 67 heavy (non-hydrogen) atoms. The van der Waals surface area contributed by atoms with Crippen molar-refractivity contribution in [3.63, 3.8) is 0 Å². The fourth-order valence-electron chi connectivity index (χ4n) is 8.08. The molecule has 362 valence electrons. The number of fused-ring (bicyclic) bond motifs is 2. The molecule has 11 unspecified atom stereocenters. The van der Waals surface area contributed by atoms with E-state index in [9.17, 15) is 54.3 Å². The molecule has 0 spiro atoms. The van der Waals surface area contributed by atoms with Crippen LogP contribution < -0.4 is 30.2 Å². The topological polar surface area (TPSA) is 286 Å². The summed E-state index contributed by atoms with van der Waals surface area (Å²) in [6.07, 6.45) is -8.29. The van der Waals surface area contributed by atoms with Gasteiger partial charge < -0.3 is 75.1 Å². The van der Waals surface area contributed by atoms with E-state index in [1.807, 2.05) is 0 Å². The molecular formula is C46H58N6O15. The van der Waals surface area contributed by atoms with Crippen LogP contribution in [-0.4, -0.2) is 184 Å². The van der Waals surface area contributed by atoms with Gasteiger partial charge in [0, 0.05) is 40.4 Å². The lowest BCUT2D eigenvalue weighted by molar-refractivity contribution is -0.277. The summed E-state index contributed by atoms with van der Waals surface area (Å²) >= 11 is 0. The molecule has 11 atom stereocenters. The molecule has 4 heterocycles. The van der Waals surface area contributed by atoms with Crippen LogP contribution in [-0.2, 0) is 52.8 Å². The van der Waals surface area contributed by atoms with Crippen LogP contribution in [0.4, 0.5) is 0 Å². The standard InChI is InChI=1S/C46H58N6O15/c1-23-40(58)49-30(21-53)44(62)50(3)31(17-25-7-12-28(64-6)13-8-25)42(60)48-24(2)43(61)52(5)33-18-26-9-14-29(15-10-26)65-35-20-27(19-32(41(59)47-23)51(4)45(33)63)11-16-34(35)66-46-39(57)38(56)37(55)36(22-54)67-46/h7-16,20,23-24,30-33,36-39,46,53-57H,17-19,21-22H2,1-6H3,(H,47,59)(H,48,60)(H,49,58). The van der Waals surface area contributed by atoms with Gasteiger partial charge in [-0.05, 0) is 66.9 Å². The van der Waals surface area contributed by atoms with Crippen LogP contribution in [0.5, 0.6) is 23.0 Å². The SMILES string of the molecule is COc1ccc(CC2C(=O)NC(C)C(=O)N(C)C3Cc4ccc(cc4)Oc4cc(ccc4OC4OC(CO)C(O)C(O)C4O)CC(C(=O)NC(C)C(=O)NC(CO)C(=O)N2C)N(C)C3=O)cc1. The zero-order valence-corrected chi connectivity index (χ0v) is 37.9. The lowest BCUT2D eigenvalue weighted by Gasteiger charge is -2.39. The molecule has 3 aromatic rings. The van der Waals surface area contributed by atoms with E-state index in [0.29, 0.717) is 22.4 Å². The van der Waals surface area contributed by atoms with Gasteiger partial charge in [0.1, 0.15) is 72.2 Å². The van der Waals surface area contributed by atoms with Crippen LogP contribution in [0.25, 0.3) is 0 Å². The molecule has 6 bridgehead atoms. The Morgan fingerprint density at radius 3 is 1.93 bits per heavy atom. The molecule has 2 saturated heterocycles. The number of hydrogen-bond donors (Lipinski definition) is 8. The number of carbonyl (C=O) groups excluding carboxylic acids is 6. The maximum absolute atomic E-state index is 14.9. The Balaban J connectivity index is 1.39. The first kappa shape index (κ1) is 50.1. The van der Waals surface area contributed by atoms with Crippen molar-refractivity contribution in [2.75, 3.05) is 41.5 Å². The number of carbonyl (C=O) groups is 6. The molecular weight excluding hydrogens is 877 g/mol. The molecule has 21 nitrogen and oxygen atoms in total. The van der Waals surface area contributed by atoms with Crippen LogP contribution >= 0.6 is 0 Å². The zero-order valence-electron chi connectivity index (χ0n) is 37.9. The fraction of sp³-hybridized carbons (Fsp3) is 0.478. The third kappa shape index (κ3) is 11.3. The summed E-state index contributed by atoms with van der Waals surface area (Å²) < 4.78 is 23.0. The number of hydrogen-bond acceptors (Lipinski definition) is 15. The minimum atomic E-state index is -1.75. The van der Waals surface area contributed by atoms with Crippen LogP contribution in [0.3, 0.4) is 0 Å². The van der Waals surface area contributed by atoms with E-state index in [-0.39, 0.29) is 36.5 Å². The zero-order chi connectivity index (χ0) is 48.9. The number of methoxy groups -OCH3 is 1. The average molecular weight is 935 g/mol. The minimum absolute atomic E-state index is 0.0137. The van der Waals surface area contributed by atoms with Gasteiger partial charge in [-0.15, -0.1) is 0 Å². The van der Waals surface area contributed by atoms with Gasteiger partial charge >= 0.3 is 0 Å². The minimum Gasteiger partial charge on any atom is -0.497 e. The Hall–Kier alpha value is -6.36. The summed E-state index contributed by atoms with van der Waals surface area (Å²) in [4.78, 5) is 89.0. The van der Waals surface area contributed by atoms with Crippen LogP contribution in [0.1, 0.15) is 30.5 Å². The van der Waals surface area contributed by atoms with Crippen LogP contribution in [0.15, 0.2) is 66.7 Å². The predicted molar refractivity (Wildman–Crippen MR) is 235 cm³/mol. The number of nitrogens with zero attached hydrogens (tertiary/aromatic N) is 3. The number of aliphatic hydroxyl groups is 5. The molecule has 0 saturated carbocycles. The van der Waals surface area contributed by atoms with Crippen molar-refractivity contribution >= 4 is 35.4 Å². The number of ether oxygens (including phenoxy) is 4. The number of likely N-dealkylation sites (N-methyl/N-ethyl adjacent to an activating group) is 3. The summed E-state index contributed by atoms with van der Waals surface area (Å²) in [6.45, 7) is 1.20. The number of benzene rings is 3. The second-order valence-corrected chi connectivity index (χ2v) is 16.9. The summed E-state index contributed by atoms with van der Waals surface area (Å²) in [5.41, 5.74) is 1.57. The first-order chi connectivity index (χ1) is 31.8. The van der Waals surface area contributed by atoms with Gasteiger partial charge in [0.25, 0.3) is 0 Å². The summed E-state index contributed by atoms with van der Waals surface area (Å²) in [6, 6.07) is 9.68. The Kier molecular flexibility index (Phi) is 16.1. The molecule has 2 fully saturated rings. The smallest absolute Gasteiger partial charge is 0.247 e. The maximum Gasteiger partial charge on any atom is 0.247 e. The molecule has 0 radical (unpaired) electrons. The first-order valence-electron chi connectivity index (χ1n) is 21.7. The molecule has 0 aliphatic carbocycles. The van der Waals surface area contributed by atoms with Gasteiger partial charge in [-0.3, -0.25) is 28.8 Å². The van der Waals surface area contributed by atoms with Crippen molar-refractivity contribution in [1.82, 2.24) is 30.7 Å². The van der Waals surface area contributed by atoms with Crippen molar-refractivity contribution in [3.05, 3.63) is 83.4 Å². The van der Waals surface area contributed by atoms with E-state index in [2.05, 4.69) is 16.0 Å². The molecule has 7 rings (SSSR count). The molecule has 4 aliphatic rings. The Labute approximate surface area is 386 Å². The molecule has 8 N–H and O–H groups in total. The summed E-state index contributed by atoms with van der Waals surface area (Å²) in [7, 11) is 5.59. The average Bonchev–Trinajstić information content (AvgIpc) is 3.32. The van der Waals surface area contributed by atoms with Crippen molar-refractivity contribution < 1.29 is 73.2 Å². The van der Waals surface area contributed by atoms with Crippen molar-refractivity contribution in [2.24, 2.45) is 0 Å². The molecule has 0 aromatic heterocycles. The fourth-order valence-corrected chi connectivity index (χ4v) is 8.08. The lowest BCUT2D eigenvalue weighted by atomic mass is 9.98. The predicted octanol–water partition coefficient (Wildman–Crippen LogP) is -2.01. The van der Waals surface area contributed by atoms with Gasteiger partial charge in [0.2, 0.25) is 41.7 Å². The highest BCUT2D eigenvalue weighted by atomic mass is 16.7. The number of aliphatic hydroxyl groups excluding tert-OH is 5. The van der Waals surface area contributed by atoms with E-state index in [1.54, 1.807) is 48.5 Å². The van der Waals surface area contributed by atoms with Crippen LogP contribution in [0.2, 0.25) is 0 Å². The van der Waals surface area contributed by atoms with E-state index >= 15 is 0 Å². The van der Waals surface area contributed by atoms with E-state index in [1.165, 1.54) is 65.2 Å². The number of rotatable bonds is 7. The van der Waals surface area contributed by atoms with Gasteiger partial charge in [-0.1, -0.05) is 30.3 Å². The highest BCUT2D eigenvalue weighted by Crippen LogP contribution is 2.36. The lowest BCUT2D eigenvalue weighted by Crippen LogP contribution is -2.62. The summed E-state index contributed by atoms with van der Waals surface area (Å²) in [5.74, 6) is -3.74. The molecule has 3 aromatic carbocycles. The van der Waals surface area contributed by atoms with E-state index in [4.69, 9.17) is 18.9 Å². The second kappa shape index (κ2) is 21.5. The molecule has 6 amide bonds. The highest BCUT2D eigenvalue weighted by molar-refractivity contribution is 5.98. The van der Waals surface area contributed by atoms with Crippen molar-refractivity contribution in [3.8, 4) is 23.0 Å². The Morgan fingerprint density at radius 1 is 0.657 bits per heavy atom. The third-order valence-corrected chi connectivity index (χ3v) is 12.3. The van der Waals surface area contributed by atoms with Gasteiger partial charge in [-0.2, -0.15) is 0 Å². The number of amides is 6. The van der Waals surface area contributed by atoms with E-state index < -0.39 is 116 Å². The van der Waals surface area contributed by atoms with Gasteiger partial charge in [0.05, 0.1) is 20.3 Å². The van der Waals surface area contributed by atoms with Gasteiger partial charge in [0.15, 0.2) is 11.5 Å². The monoisotopic (exact) mass is 934 g/mol. The maximum atomic E-state index is 14.9. The summed E-state index contributed by atoms with van der Waals surface area (Å²) in [5, 5.41) is 59.3. The Bertz CT molecular complexity index is 2280. The van der Waals surface area contributed by atoms with Crippen LogP contribution in [0, 0.1) is 0 Å². The van der Waals surface area contributed by atoms with Crippen molar-refractivity contribution in [2.45, 2.75) is 100 Å². The molecule has 21 heteroatoms.